The lowest BCUT2D eigenvalue weighted by Gasteiger charge is -2.32. The summed E-state index contributed by atoms with van der Waals surface area (Å²) in [6, 6.07) is 14.8. The second-order valence-electron chi connectivity index (χ2n) is 6.50. The Labute approximate surface area is 148 Å². The van der Waals surface area contributed by atoms with Crippen LogP contribution in [0.3, 0.4) is 0 Å². The molecular weight excluding hydrogens is 314 g/mol. The van der Waals surface area contributed by atoms with Crippen molar-refractivity contribution in [3.63, 3.8) is 0 Å². The predicted molar refractivity (Wildman–Crippen MR) is 97.1 cm³/mol. The van der Waals surface area contributed by atoms with E-state index in [1.165, 1.54) is 0 Å². The van der Waals surface area contributed by atoms with Gasteiger partial charge in [0.15, 0.2) is 5.78 Å². The van der Waals surface area contributed by atoms with Gasteiger partial charge in [0.1, 0.15) is 5.75 Å². The summed E-state index contributed by atoms with van der Waals surface area (Å²) >= 11 is 0. The van der Waals surface area contributed by atoms with Crippen LogP contribution >= 0.6 is 0 Å². The van der Waals surface area contributed by atoms with E-state index in [9.17, 15) is 9.59 Å². The van der Waals surface area contributed by atoms with E-state index in [4.69, 9.17) is 4.74 Å². The molecule has 1 amide bonds. The number of nitrogens with zero attached hydrogens (tertiary/aromatic N) is 1. The molecule has 0 aliphatic carbocycles. The molecular formula is C21H23NO3. The van der Waals surface area contributed by atoms with Gasteiger partial charge in [0.05, 0.1) is 7.11 Å². The molecule has 4 nitrogen and oxygen atoms in total. The molecule has 2 aromatic carbocycles. The van der Waals surface area contributed by atoms with Crippen molar-refractivity contribution in [1.29, 1.82) is 0 Å². The number of methoxy groups -OCH3 is 1. The van der Waals surface area contributed by atoms with Gasteiger partial charge < -0.3 is 9.64 Å². The van der Waals surface area contributed by atoms with Crippen LogP contribution in [0.2, 0.25) is 0 Å². The fourth-order valence-electron chi connectivity index (χ4n) is 3.35. The summed E-state index contributed by atoms with van der Waals surface area (Å²) < 4.78 is 5.14. The van der Waals surface area contributed by atoms with E-state index in [-0.39, 0.29) is 17.6 Å². The Hall–Kier alpha value is -2.62. The van der Waals surface area contributed by atoms with Crippen molar-refractivity contribution in [3.8, 4) is 5.75 Å². The molecule has 1 saturated heterocycles. The normalized spacial score (nSPS) is 17.2. The van der Waals surface area contributed by atoms with E-state index in [2.05, 4.69) is 0 Å². The van der Waals surface area contributed by atoms with Crippen molar-refractivity contribution in [3.05, 3.63) is 65.2 Å². The lowest BCUT2D eigenvalue weighted by molar-refractivity contribution is 0.0636. The number of benzene rings is 2. The highest BCUT2D eigenvalue weighted by molar-refractivity contribution is 5.99. The lowest BCUT2D eigenvalue weighted by Crippen LogP contribution is -2.42. The van der Waals surface area contributed by atoms with Gasteiger partial charge in [0.25, 0.3) is 5.91 Å². The van der Waals surface area contributed by atoms with E-state index >= 15 is 0 Å². The standard InChI is InChI=1S/C21H23NO3/c1-15-6-3-4-8-19(15)21(24)22-13-5-7-17(14-22)20(23)16-9-11-18(25-2)12-10-16/h3-4,6,8-12,17H,5,7,13-14H2,1-2H3. The maximum atomic E-state index is 12.8. The Morgan fingerprint density at radius 1 is 1.08 bits per heavy atom. The number of carbonyl (C=O) groups excluding carboxylic acids is 2. The van der Waals surface area contributed by atoms with Gasteiger partial charge in [-0.15, -0.1) is 0 Å². The summed E-state index contributed by atoms with van der Waals surface area (Å²) in [5.41, 5.74) is 2.37. The molecule has 4 heteroatoms. The first-order chi connectivity index (χ1) is 12.1. The van der Waals surface area contributed by atoms with Gasteiger partial charge in [0, 0.05) is 30.1 Å². The van der Waals surface area contributed by atoms with Crippen molar-refractivity contribution in [1.82, 2.24) is 4.90 Å². The van der Waals surface area contributed by atoms with Crippen LogP contribution in [-0.2, 0) is 0 Å². The van der Waals surface area contributed by atoms with Crippen LogP contribution in [0.25, 0.3) is 0 Å². The Morgan fingerprint density at radius 2 is 1.80 bits per heavy atom. The zero-order chi connectivity index (χ0) is 17.8. The van der Waals surface area contributed by atoms with Crippen LogP contribution in [0, 0.1) is 12.8 Å². The third kappa shape index (κ3) is 3.73. The Balaban J connectivity index is 1.73. The average Bonchev–Trinajstić information content (AvgIpc) is 2.67. The van der Waals surface area contributed by atoms with Crippen molar-refractivity contribution in [2.24, 2.45) is 5.92 Å². The molecule has 1 aliphatic rings. The number of amides is 1. The Kier molecular flexibility index (Phi) is 5.17. The van der Waals surface area contributed by atoms with E-state index in [1.807, 2.05) is 36.1 Å². The van der Waals surface area contributed by atoms with Gasteiger partial charge in [-0.2, -0.15) is 0 Å². The highest BCUT2D eigenvalue weighted by Crippen LogP contribution is 2.24. The van der Waals surface area contributed by atoms with Crippen molar-refractivity contribution in [2.75, 3.05) is 20.2 Å². The minimum absolute atomic E-state index is 0.0188. The number of ketones is 1. The summed E-state index contributed by atoms with van der Waals surface area (Å²) in [7, 11) is 1.60. The second kappa shape index (κ2) is 7.51. The van der Waals surface area contributed by atoms with Gasteiger partial charge in [-0.3, -0.25) is 9.59 Å². The number of hydrogen-bond acceptors (Lipinski definition) is 3. The Bertz CT molecular complexity index is 767. The number of carbonyl (C=O) groups is 2. The molecule has 0 radical (unpaired) electrons. The zero-order valence-corrected chi connectivity index (χ0v) is 14.7. The van der Waals surface area contributed by atoms with E-state index in [0.29, 0.717) is 18.7 Å². The van der Waals surface area contributed by atoms with Gasteiger partial charge >= 0.3 is 0 Å². The maximum Gasteiger partial charge on any atom is 0.254 e. The topological polar surface area (TPSA) is 46.6 Å². The molecule has 3 rings (SSSR count). The van der Waals surface area contributed by atoms with Crippen LogP contribution in [0.15, 0.2) is 48.5 Å². The molecule has 2 aromatic rings. The van der Waals surface area contributed by atoms with Crippen LogP contribution in [0.4, 0.5) is 0 Å². The van der Waals surface area contributed by atoms with Gasteiger partial charge in [-0.1, -0.05) is 18.2 Å². The fraction of sp³-hybridized carbons (Fsp3) is 0.333. The van der Waals surface area contributed by atoms with Crippen LogP contribution in [0.5, 0.6) is 5.75 Å². The van der Waals surface area contributed by atoms with E-state index < -0.39 is 0 Å². The predicted octanol–water partition coefficient (Wildman–Crippen LogP) is 3.74. The molecule has 25 heavy (non-hydrogen) atoms. The largest absolute Gasteiger partial charge is 0.497 e. The van der Waals surface area contributed by atoms with Crippen LogP contribution in [0.1, 0.15) is 39.1 Å². The fourth-order valence-corrected chi connectivity index (χ4v) is 3.35. The van der Waals surface area contributed by atoms with Crippen molar-refractivity contribution in [2.45, 2.75) is 19.8 Å². The molecule has 0 saturated carbocycles. The summed E-state index contributed by atoms with van der Waals surface area (Å²) in [4.78, 5) is 27.4. The highest BCUT2D eigenvalue weighted by atomic mass is 16.5. The molecule has 0 spiro atoms. The first-order valence-corrected chi connectivity index (χ1v) is 8.63. The molecule has 0 bridgehead atoms. The summed E-state index contributed by atoms with van der Waals surface area (Å²) in [6.07, 6.45) is 1.67. The monoisotopic (exact) mass is 337 g/mol. The second-order valence-corrected chi connectivity index (χ2v) is 6.50. The molecule has 1 fully saturated rings. The van der Waals surface area contributed by atoms with Gasteiger partial charge in [0.2, 0.25) is 0 Å². The number of piperidine rings is 1. The SMILES string of the molecule is COc1ccc(C(=O)C2CCCN(C(=O)c3ccccc3C)C2)cc1. The van der Waals surface area contributed by atoms with Crippen LogP contribution < -0.4 is 4.74 Å². The minimum atomic E-state index is -0.143. The van der Waals surface area contributed by atoms with E-state index in [0.717, 1.165) is 29.7 Å². The summed E-state index contributed by atoms with van der Waals surface area (Å²) in [5.74, 6) is 0.710. The highest BCUT2D eigenvalue weighted by Gasteiger charge is 2.29. The lowest BCUT2D eigenvalue weighted by atomic mass is 9.89. The number of rotatable bonds is 4. The van der Waals surface area contributed by atoms with E-state index in [1.54, 1.807) is 31.4 Å². The number of ether oxygens (including phenoxy) is 1. The Morgan fingerprint density at radius 3 is 2.48 bits per heavy atom. The van der Waals surface area contributed by atoms with Crippen molar-refractivity contribution < 1.29 is 14.3 Å². The average molecular weight is 337 g/mol. The summed E-state index contributed by atoms with van der Waals surface area (Å²) in [6.45, 7) is 3.13. The minimum Gasteiger partial charge on any atom is -0.497 e. The van der Waals surface area contributed by atoms with Gasteiger partial charge in [-0.25, -0.2) is 0 Å². The number of Topliss-reactive ketones (excluding diaryl/α,β-unsaturated/α-hetero) is 1. The molecule has 130 valence electrons. The molecule has 1 aliphatic heterocycles. The third-order valence-electron chi connectivity index (χ3n) is 4.83. The molecule has 1 atom stereocenters. The first kappa shape index (κ1) is 17.2. The molecule has 0 aromatic heterocycles. The number of hydrogen-bond donors (Lipinski definition) is 0. The first-order valence-electron chi connectivity index (χ1n) is 8.63. The smallest absolute Gasteiger partial charge is 0.254 e. The number of likely N-dealkylation sites (tertiary alicyclic amines) is 1. The van der Waals surface area contributed by atoms with Crippen molar-refractivity contribution >= 4 is 11.7 Å². The molecule has 0 N–H and O–H groups in total. The maximum absolute atomic E-state index is 12.8. The third-order valence-corrected chi connectivity index (χ3v) is 4.83. The molecule has 1 unspecified atom stereocenters. The molecule has 1 heterocycles. The summed E-state index contributed by atoms with van der Waals surface area (Å²) in [5, 5.41) is 0. The zero-order valence-electron chi connectivity index (χ0n) is 14.7. The quantitative estimate of drug-likeness (QED) is 0.799. The number of aryl methyl sites for hydroxylation is 1. The van der Waals surface area contributed by atoms with Crippen LogP contribution in [-0.4, -0.2) is 36.8 Å². The van der Waals surface area contributed by atoms with Gasteiger partial charge in [-0.05, 0) is 55.7 Å².